The molecule has 128 valence electrons. The molecule has 2 aromatic carbocycles. The average molecular weight is 408 g/mol. The van der Waals surface area contributed by atoms with Crippen molar-refractivity contribution >= 4 is 52.8 Å². The first-order valence-electron chi connectivity index (χ1n) is 7.41. The Kier molecular flexibility index (Phi) is 6.25. The van der Waals surface area contributed by atoms with Gasteiger partial charge in [-0.2, -0.15) is 0 Å². The van der Waals surface area contributed by atoms with E-state index in [0.29, 0.717) is 15.5 Å². The van der Waals surface area contributed by atoms with Crippen LogP contribution in [0.5, 0.6) is 0 Å². The summed E-state index contributed by atoms with van der Waals surface area (Å²) in [5.74, 6) is 0.231. The molecule has 3 aromatic rings. The number of carbonyl (C=O) groups is 1. The number of amides is 1. The zero-order chi connectivity index (χ0) is 17.6. The highest BCUT2D eigenvalue weighted by atomic mass is 35.5. The second-order valence-corrected chi connectivity index (χ2v) is 8.36. The van der Waals surface area contributed by atoms with Gasteiger partial charge in [0.25, 0.3) is 0 Å². The highest BCUT2D eigenvalue weighted by Crippen LogP contribution is 2.23. The van der Waals surface area contributed by atoms with Gasteiger partial charge in [0, 0.05) is 11.6 Å². The highest BCUT2D eigenvalue weighted by molar-refractivity contribution is 8.01. The van der Waals surface area contributed by atoms with Crippen molar-refractivity contribution in [2.75, 3.05) is 5.75 Å². The fourth-order valence-corrected chi connectivity index (χ4v) is 4.48. The Balaban J connectivity index is 1.55. The van der Waals surface area contributed by atoms with Crippen LogP contribution in [-0.4, -0.2) is 21.4 Å². The molecule has 0 spiro atoms. The minimum Gasteiger partial charge on any atom is -0.351 e. The molecule has 0 aliphatic rings. The van der Waals surface area contributed by atoms with Gasteiger partial charge in [-0.25, -0.2) is 4.68 Å². The van der Waals surface area contributed by atoms with Crippen molar-refractivity contribution in [3.05, 3.63) is 69.1 Å². The Morgan fingerprint density at radius 3 is 2.80 bits per heavy atom. The number of nitrogens with one attached hydrogen (secondary N) is 1. The number of thioether (sulfide) groups is 1. The van der Waals surface area contributed by atoms with E-state index in [9.17, 15) is 4.79 Å². The maximum absolute atomic E-state index is 12.0. The molecule has 1 aromatic heterocycles. The third kappa shape index (κ3) is 5.15. The number of nitrogens with zero attached hydrogens (tertiary/aromatic N) is 2. The van der Waals surface area contributed by atoms with Crippen molar-refractivity contribution in [3.8, 4) is 5.69 Å². The van der Waals surface area contributed by atoms with Crippen LogP contribution in [-0.2, 0) is 11.3 Å². The molecule has 0 atom stereocenters. The normalized spacial score (nSPS) is 10.6. The molecular weight excluding hydrogens is 394 g/mol. The Morgan fingerprint density at radius 2 is 2.04 bits per heavy atom. The first kappa shape index (κ1) is 18.1. The number of halogens is 1. The van der Waals surface area contributed by atoms with Crippen LogP contribution in [0.4, 0.5) is 0 Å². The third-order valence-electron chi connectivity index (χ3n) is 3.24. The summed E-state index contributed by atoms with van der Waals surface area (Å²) >= 11 is 14.1. The van der Waals surface area contributed by atoms with Crippen LogP contribution in [0.15, 0.2) is 58.9 Å². The van der Waals surface area contributed by atoms with E-state index in [1.165, 1.54) is 23.1 Å². The fourth-order valence-electron chi connectivity index (χ4n) is 2.08. The fraction of sp³-hybridized carbons (Fsp3) is 0.118. The number of rotatable bonds is 6. The first-order valence-corrected chi connectivity index (χ1v) is 10.0. The van der Waals surface area contributed by atoms with Gasteiger partial charge in [-0.3, -0.25) is 4.79 Å². The van der Waals surface area contributed by atoms with Crippen molar-refractivity contribution in [3.63, 3.8) is 0 Å². The average Bonchev–Trinajstić information content (AvgIpc) is 3.00. The van der Waals surface area contributed by atoms with Crippen LogP contribution in [0.2, 0.25) is 5.02 Å². The molecule has 0 bridgehead atoms. The van der Waals surface area contributed by atoms with Gasteiger partial charge in [0.1, 0.15) is 0 Å². The SMILES string of the molecule is O=C(CSc1nn(-c2ccccc2)c(=S)s1)NCc1cccc(Cl)c1. The summed E-state index contributed by atoms with van der Waals surface area (Å²) in [6.45, 7) is 0.453. The molecule has 1 amide bonds. The molecular formula is C17H14ClN3OS3. The van der Waals surface area contributed by atoms with Crippen LogP contribution in [0.1, 0.15) is 5.56 Å². The second-order valence-electron chi connectivity index (χ2n) is 5.08. The van der Waals surface area contributed by atoms with Crippen LogP contribution in [0, 0.1) is 3.95 Å². The Labute approximate surface area is 163 Å². The number of hydrogen-bond acceptors (Lipinski definition) is 5. The monoisotopic (exact) mass is 407 g/mol. The molecule has 0 unspecified atom stereocenters. The number of aromatic nitrogens is 2. The first-order chi connectivity index (χ1) is 12.1. The summed E-state index contributed by atoms with van der Waals surface area (Å²) in [5, 5.41) is 8.01. The van der Waals surface area contributed by atoms with E-state index in [-0.39, 0.29) is 11.7 Å². The van der Waals surface area contributed by atoms with E-state index in [4.69, 9.17) is 23.8 Å². The number of benzene rings is 2. The molecule has 0 radical (unpaired) electrons. The zero-order valence-corrected chi connectivity index (χ0v) is 16.2. The molecule has 0 saturated heterocycles. The van der Waals surface area contributed by atoms with Gasteiger partial charge in [0.15, 0.2) is 8.29 Å². The maximum atomic E-state index is 12.0. The van der Waals surface area contributed by atoms with Crippen molar-refractivity contribution in [2.24, 2.45) is 0 Å². The summed E-state index contributed by atoms with van der Waals surface area (Å²) in [6.07, 6.45) is 0. The standard InChI is InChI=1S/C17H14ClN3OS3/c18-13-6-4-5-12(9-13)10-19-15(22)11-24-16-20-21(17(23)25-16)14-7-2-1-3-8-14/h1-9H,10-11H2,(H,19,22). The predicted octanol–water partition coefficient (Wildman–Crippen LogP) is 4.73. The van der Waals surface area contributed by atoms with E-state index in [1.807, 2.05) is 48.5 Å². The van der Waals surface area contributed by atoms with Gasteiger partial charge in [0.2, 0.25) is 5.91 Å². The van der Waals surface area contributed by atoms with E-state index in [1.54, 1.807) is 10.7 Å². The lowest BCUT2D eigenvalue weighted by Gasteiger charge is -2.04. The lowest BCUT2D eigenvalue weighted by Crippen LogP contribution is -2.24. The zero-order valence-electron chi connectivity index (χ0n) is 13.0. The van der Waals surface area contributed by atoms with Gasteiger partial charge in [-0.05, 0) is 42.0 Å². The van der Waals surface area contributed by atoms with E-state index in [2.05, 4.69) is 10.4 Å². The molecule has 3 rings (SSSR count). The molecule has 0 fully saturated rings. The number of para-hydroxylation sites is 1. The molecule has 4 nitrogen and oxygen atoms in total. The van der Waals surface area contributed by atoms with E-state index >= 15 is 0 Å². The van der Waals surface area contributed by atoms with E-state index in [0.717, 1.165) is 15.6 Å². The van der Waals surface area contributed by atoms with Crippen LogP contribution in [0.25, 0.3) is 5.69 Å². The molecule has 0 saturated carbocycles. The molecule has 8 heteroatoms. The summed E-state index contributed by atoms with van der Waals surface area (Å²) in [6, 6.07) is 17.1. The second kappa shape index (κ2) is 8.62. The number of hydrogen-bond donors (Lipinski definition) is 1. The minimum absolute atomic E-state index is 0.0580. The minimum atomic E-state index is -0.0580. The maximum Gasteiger partial charge on any atom is 0.230 e. The Hall–Kier alpha value is -1.67. The molecule has 1 heterocycles. The van der Waals surface area contributed by atoms with Crippen LogP contribution >= 0.6 is 46.9 Å². The molecule has 0 aliphatic heterocycles. The van der Waals surface area contributed by atoms with Crippen LogP contribution in [0.3, 0.4) is 0 Å². The van der Waals surface area contributed by atoms with E-state index < -0.39 is 0 Å². The quantitative estimate of drug-likeness (QED) is 0.474. The summed E-state index contributed by atoms with van der Waals surface area (Å²) in [5.41, 5.74) is 1.89. The summed E-state index contributed by atoms with van der Waals surface area (Å²) in [4.78, 5) is 12.0. The van der Waals surface area contributed by atoms with Gasteiger partial charge in [-0.15, -0.1) is 5.10 Å². The largest absolute Gasteiger partial charge is 0.351 e. The highest BCUT2D eigenvalue weighted by Gasteiger charge is 2.09. The topological polar surface area (TPSA) is 46.9 Å². The number of carbonyl (C=O) groups excluding carboxylic acids is 1. The molecule has 25 heavy (non-hydrogen) atoms. The van der Waals surface area contributed by atoms with Gasteiger partial charge in [-0.1, -0.05) is 65.0 Å². The van der Waals surface area contributed by atoms with Crippen molar-refractivity contribution in [1.29, 1.82) is 0 Å². The molecule has 1 N–H and O–H groups in total. The Bertz CT molecular complexity index is 924. The predicted molar refractivity (Wildman–Crippen MR) is 106 cm³/mol. The van der Waals surface area contributed by atoms with Gasteiger partial charge < -0.3 is 5.32 Å². The lowest BCUT2D eigenvalue weighted by atomic mass is 10.2. The van der Waals surface area contributed by atoms with Crippen molar-refractivity contribution in [2.45, 2.75) is 10.9 Å². The van der Waals surface area contributed by atoms with Crippen molar-refractivity contribution in [1.82, 2.24) is 15.1 Å². The van der Waals surface area contributed by atoms with Gasteiger partial charge in [0.05, 0.1) is 11.4 Å². The van der Waals surface area contributed by atoms with Gasteiger partial charge >= 0.3 is 0 Å². The van der Waals surface area contributed by atoms with Crippen LogP contribution < -0.4 is 5.32 Å². The smallest absolute Gasteiger partial charge is 0.230 e. The third-order valence-corrected chi connectivity index (χ3v) is 5.84. The lowest BCUT2D eigenvalue weighted by molar-refractivity contribution is -0.118. The Morgan fingerprint density at radius 1 is 1.24 bits per heavy atom. The summed E-state index contributed by atoms with van der Waals surface area (Å²) < 4.78 is 3.14. The van der Waals surface area contributed by atoms with Crippen molar-refractivity contribution < 1.29 is 4.79 Å². The molecule has 0 aliphatic carbocycles. The summed E-state index contributed by atoms with van der Waals surface area (Å²) in [7, 11) is 0.